The molecule has 9 nitrogen and oxygen atoms in total. The normalized spacial score (nSPS) is 11.8. The summed E-state index contributed by atoms with van der Waals surface area (Å²) < 4.78 is 4.68. The minimum Gasteiger partial charge on any atom is -0.453 e. The predicted molar refractivity (Wildman–Crippen MR) is 127 cm³/mol. The molecule has 3 aromatic rings. The third kappa shape index (κ3) is 6.38. The minimum absolute atomic E-state index is 0.271. The van der Waals surface area contributed by atoms with Gasteiger partial charge in [-0.3, -0.25) is 0 Å². The number of carbonyl (C=O) groups is 1. The molecule has 4 N–H and O–H groups in total. The Labute approximate surface area is 191 Å². The van der Waals surface area contributed by atoms with E-state index in [1.807, 2.05) is 30.3 Å². The number of ether oxygens (including phenoxy) is 1. The van der Waals surface area contributed by atoms with Gasteiger partial charge in [-0.15, -0.1) is 0 Å². The Kier molecular flexibility index (Phi) is 7.96. The summed E-state index contributed by atoms with van der Waals surface area (Å²) in [5.74, 6) is 0.404. The summed E-state index contributed by atoms with van der Waals surface area (Å²) in [5, 5.41) is 19.6. The Hall–Kier alpha value is -3.24. The van der Waals surface area contributed by atoms with Crippen molar-refractivity contribution >= 4 is 28.5 Å². The number of hydrogen-bond donors (Lipinski definition) is 4. The van der Waals surface area contributed by atoms with Crippen molar-refractivity contribution < 1.29 is 14.6 Å². The van der Waals surface area contributed by atoms with Crippen LogP contribution in [0.1, 0.15) is 26.3 Å². The van der Waals surface area contributed by atoms with Crippen molar-refractivity contribution in [3.63, 3.8) is 0 Å². The van der Waals surface area contributed by atoms with Crippen LogP contribution in [-0.4, -0.2) is 52.0 Å². The molecule has 2 aromatic heterocycles. The van der Waals surface area contributed by atoms with Gasteiger partial charge in [-0.25, -0.2) is 19.7 Å². The first kappa shape index (κ1) is 23.4. The van der Waals surface area contributed by atoms with Gasteiger partial charge in [0.05, 0.1) is 29.5 Å². The van der Waals surface area contributed by atoms with E-state index in [0.29, 0.717) is 30.4 Å². The van der Waals surface area contributed by atoms with Gasteiger partial charge >= 0.3 is 6.09 Å². The monoisotopic (exact) mass is 456 g/mol. The van der Waals surface area contributed by atoms with Crippen molar-refractivity contribution in [3.8, 4) is 21.8 Å². The van der Waals surface area contributed by atoms with Crippen molar-refractivity contribution in [2.45, 2.75) is 39.5 Å². The zero-order valence-electron chi connectivity index (χ0n) is 18.5. The highest BCUT2D eigenvalue weighted by Gasteiger charge is 2.15. The fraction of sp³-hybridized carbons (Fsp3) is 0.364. The Morgan fingerprint density at radius 2 is 1.94 bits per heavy atom. The number of nitrogens with one attached hydrogen (secondary N) is 3. The first-order valence-electron chi connectivity index (χ1n) is 10.3. The molecule has 0 bridgehead atoms. The number of anilines is 2. The molecule has 2 heterocycles. The molecule has 0 radical (unpaired) electrons. The van der Waals surface area contributed by atoms with Crippen molar-refractivity contribution in [2.24, 2.45) is 0 Å². The zero-order valence-corrected chi connectivity index (χ0v) is 19.4. The zero-order chi connectivity index (χ0) is 23.1. The number of nitrogens with zero attached hydrogens (tertiary/aromatic N) is 3. The molecule has 0 aliphatic heterocycles. The molecule has 10 heteroatoms. The van der Waals surface area contributed by atoms with Crippen LogP contribution < -0.4 is 16.0 Å². The van der Waals surface area contributed by atoms with E-state index >= 15 is 0 Å². The van der Waals surface area contributed by atoms with E-state index in [9.17, 15) is 9.90 Å². The lowest BCUT2D eigenvalue weighted by Crippen LogP contribution is -2.22. The van der Waals surface area contributed by atoms with Crippen LogP contribution in [0.25, 0.3) is 21.8 Å². The quantitative estimate of drug-likeness (QED) is 0.384. The summed E-state index contributed by atoms with van der Waals surface area (Å²) in [6, 6.07) is 9.85. The summed E-state index contributed by atoms with van der Waals surface area (Å²) in [4.78, 5) is 26.2. The van der Waals surface area contributed by atoms with Gasteiger partial charge < -0.3 is 25.8 Å². The van der Waals surface area contributed by atoms with Gasteiger partial charge in [-0.05, 0) is 32.4 Å². The first-order chi connectivity index (χ1) is 15.4. The highest BCUT2D eigenvalue weighted by Crippen LogP contribution is 2.32. The Balaban J connectivity index is 2.00. The van der Waals surface area contributed by atoms with Crippen LogP contribution in [0.15, 0.2) is 36.5 Å². The Bertz CT molecular complexity index is 1050. The summed E-state index contributed by atoms with van der Waals surface area (Å²) >= 11 is 1.51. The molecular weight excluding hydrogens is 428 g/mol. The van der Waals surface area contributed by atoms with Crippen molar-refractivity contribution in [3.05, 3.63) is 42.1 Å². The van der Waals surface area contributed by atoms with E-state index in [1.165, 1.54) is 18.4 Å². The smallest absolute Gasteiger partial charge is 0.407 e. The molecule has 0 spiro atoms. The first-order valence-corrected chi connectivity index (χ1v) is 11.1. The SMILES string of the molecule is COC(=O)NCc1ccccc1-c1cc(-c2cnc(NC(C)C)s2)nc(NCC(C)O)n1. The largest absolute Gasteiger partial charge is 0.453 e. The number of benzene rings is 1. The molecule has 3 rings (SSSR count). The Morgan fingerprint density at radius 1 is 1.19 bits per heavy atom. The Morgan fingerprint density at radius 3 is 2.66 bits per heavy atom. The number of aromatic nitrogens is 3. The summed E-state index contributed by atoms with van der Waals surface area (Å²) in [7, 11) is 1.33. The molecular formula is C22H28N6O3S. The molecule has 0 aliphatic rings. The van der Waals surface area contributed by atoms with E-state index < -0.39 is 12.2 Å². The van der Waals surface area contributed by atoms with Crippen LogP contribution in [0.4, 0.5) is 15.9 Å². The second-order valence-electron chi connectivity index (χ2n) is 7.52. The molecule has 1 amide bonds. The van der Waals surface area contributed by atoms with Gasteiger partial charge in [-0.1, -0.05) is 35.6 Å². The van der Waals surface area contributed by atoms with Crippen molar-refractivity contribution in [1.29, 1.82) is 0 Å². The fourth-order valence-electron chi connectivity index (χ4n) is 2.90. The number of aliphatic hydroxyl groups is 1. The number of rotatable bonds is 9. The summed E-state index contributed by atoms with van der Waals surface area (Å²) in [6.45, 7) is 6.42. The number of thiazole rings is 1. The number of amides is 1. The number of carbonyl (C=O) groups excluding carboxylic acids is 1. The van der Waals surface area contributed by atoms with E-state index in [1.54, 1.807) is 13.1 Å². The minimum atomic E-state index is -0.549. The maximum Gasteiger partial charge on any atom is 0.407 e. The van der Waals surface area contributed by atoms with Gasteiger partial charge in [0.25, 0.3) is 0 Å². The van der Waals surface area contributed by atoms with Crippen LogP contribution in [0.3, 0.4) is 0 Å². The number of hydrogen-bond acceptors (Lipinski definition) is 9. The molecule has 0 saturated heterocycles. The third-order valence-corrected chi connectivity index (χ3v) is 5.30. The van der Waals surface area contributed by atoms with E-state index in [2.05, 4.69) is 49.5 Å². The highest BCUT2D eigenvalue weighted by molar-refractivity contribution is 7.18. The molecule has 1 atom stereocenters. The molecule has 0 fully saturated rings. The summed E-state index contributed by atoms with van der Waals surface area (Å²) in [5.41, 5.74) is 3.15. The third-order valence-electron chi connectivity index (χ3n) is 4.35. The second-order valence-corrected chi connectivity index (χ2v) is 8.55. The lowest BCUT2D eigenvalue weighted by atomic mass is 10.0. The molecule has 32 heavy (non-hydrogen) atoms. The number of aliphatic hydroxyl groups excluding tert-OH is 1. The van der Waals surface area contributed by atoms with Gasteiger partial charge in [0.1, 0.15) is 0 Å². The second kappa shape index (κ2) is 10.9. The van der Waals surface area contributed by atoms with Crippen LogP contribution in [0, 0.1) is 0 Å². The fourth-order valence-corrected chi connectivity index (χ4v) is 3.82. The highest BCUT2D eigenvalue weighted by atomic mass is 32.1. The maximum absolute atomic E-state index is 11.5. The average Bonchev–Trinajstić information content (AvgIpc) is 3.23. The number of alkyl carbamates (subject to hydrolysis) is 1. The van der Waals surface area contributed by atoms with Crippen molar-refractivity contribution in [1.82, 2.24) is 20.3 Å². The van der Waals surface area contributed by atoms with E-state index in [0.717, 1.165) is 21.1 Å². The van der Waals surface area contributed by atoms with E-state index in [-0.39, 0.29) is 6.04 Å². The van der Waals surface area contributed by atoms with Gasteiger partial charge in [0.15, 0.2) is 5.13 Å². The topological polar surface area (TPSA) is 121 Å². The standard InChI is InChI=1S/C22H28N6O3S/c1-13(2)26-21-24-12-19(32-21)18-9-17(27-20(28-18)23-10-14(3)29)16-8-6-5-7-15(16)11-25-22(30)31-4/h5-9,12-14,29H,10-11H2,1-4H3,(H,24,26)(H,25,30)(H,23,27,28). The lowest BCUT2D eigenvalue weighted by Gasteiger charge is -2.13. The molecule has 170 valence electrons. The lowest BCUT2D eigenvalue weighted by molar-refractivity contribution is 0.170. The van der Waals surface area contributed by atoms with Gasteiger partial charge in [-0.2, -0.15) is 0 Å². The summed E-state index contributed by atoms with van der Waals surface area (Å²) in [6.07, 6.45) is 0.731. The van der Waals surface area contributed by atoms with Crippen LogP contribution in [-0.2, 0) is 11.3 Å². The maximum atomic E-state index is 11.5. The van der Waals surface area contributed by atoms with Crippen molar-refractivity contribution in [2.75, 3.05) is 24.3 Å². The van der Waals surface area contributed by atoms with Gasteiger partial charge in [0.2, 0.25) is 5.95 Å². The van der Waals surface area contributed by atoms with Crippen LogP contribution in [0.5, 0.6) is 0 Å². The average molecular weight is 457 g/mol. The molecule has 0 aliphatic carbocycles. The molecule has 1 aromatic carbocycles. The van der Waals surface area contributed by atoms with Gasteiger partial charge in [0, 0.05) is 30.9 Å². The molecule has 1 unspecified atom stereocenters. The van der Waals surface area contributed by atoms with Crippen LogP contribution in [0.2, 0.25) is 0 Å². The number of methoxy groups -OCH3 is 1. The van der Waals surface area contributed by atoms with E-state index in [4.69, 9.17) is 0 Å². The molecule has 0 saturated carbocycles. The van der Waals surface area contributed by atoms with Crippen LogP contribution >= 0.6 is 11.3 Å². The predicted octanol–water partition coefficient (Wildman–Crippen LogP) is 3.74.